The Kier molecular flexibility index (Phi) is 10.4. The van der Waals surface area contributed by atoms with Crippen molar-refractivity contribution in [3.63, 3.8) is 0 Å². The SMILES string of the molecule is COC[C@H](c1ccc2c(c1)nc1n2COCC([Si](C)(C)C)CC(C)(C)S(=O)NC1COC(C)(C)C(F)(F)F)N1C(=O)c2ccccc2C1=O. The number of imidazole rings is 1. The molecule has 3 unspecified atom stereocenters. The number of benzene rings is 2. The van der Waals surface area contributed by atoms with Gasteiger partial charge in [0.1, 0.15) is 18.6 Å². The van der Waals surface area contributed by atoms with Gasteiger partial charge in [-0.15, -0.1) is 0 Å². The number of nitrogens with zero attached hydrogens (tertiary/aromatic N) is 3. The summed E-state index contributed by atoms with van der Waals surface area (Å²) >= 11 is 0. The van der Waals surface area contributed by atoms with Gasteiger partial charge < -0.3 is 18.8 Å². The van der Waals surface area contributed by atoms with Gasteiger partial charge in [-0.05, 0) is 69.5 Å². The summed E-state index contributed by atoms with van der Waals surface area (Å²) in [5.74, 6) is -0.593. The molecule has 10 nitrogen and oxygen atoms in total. The number of rotatable bonds is 8. The number of nitrogens with one attached hydrogen (secondary N) is 1. The van der Waals surface area contributed by atoms with Crippen molar-refractivity contribution in [2.75, 3.05) is 26.9 Å². The maximum atomic E-state index is 14.0. The molecule has 49 heavy (non-hydrogen) atoms. The van der Waals surface area contributed by atoms with Crippen LogP contribution in [0.2, 0.25) is 25.2 Å². The number of imide groups is 1. The summed E-state index contributed by atoms with van der Waals surface area (Å²) in [6, 6.07) is 10.1. The van der Waals surface area contributed by atoms with Crippen LogP contribution in [0.25, 0.3) is 11.0 Å². The third-order valence-corrected chi connectivity index (χ3v) is 14.0. The molecule has 2 aliphatic heterocycles. The molecule has 0 radical (unpaired) electrons. The van der Waals surface area contributed by atoms with Crippen LogP contribution in [0.4, 0.5) is 13.2 Å². The quantitative estimate of drug-likeness (QED) is 0.208. The largest absolute Gasteiger partial charge is 0.416 e. The molecule has 3 aromatic rings. The lowest BCUT2D eigenvalue weighted by Crippen LogP contribution is -2.46. The second-order valence-electron chi connectivity index (χ2n) is 14.9. The number of hydrogen-bond donors (Lipinski definition) is 1. The van der Waals surface area contributed by atoms with Crippen molar-refractivity contribution in [1.29, 1.82) is 0 Å². The minimum absolute atomic E-state index is 0.0182. The molecule has 0 spiro atoms. The Balaban J connectivity index is 1.60. The molecule has 1 aromatic heterocycles. The molecule has 15 heteroatoms. The van der Waals surface area contributed by atoms with E-state index in [0.717, 1.165) is 13.8 Å². The van der Waals surface area contributed by atoms with Crippen molar-refractivity contribution < 1.29 is 41.2 Å². The zero-order valence-electron chi connectivity index (χ0n) is 29.1. The highest BCUT2D eigenvalue weighted by molar-refractivity contribution is 7.84. The minimum atomic E-state index is -4.65. The van der Waals surface area contributed by atoms with Crippen LogP contribution in [0.5, 0.6) is 0 Å². The Bertz CT molecular complexity index is 1720. The van der Waals surface area contributed by atoms with Gasteiger partial charge in [0.15, 0.2) is 5.60 Å². The molecule has 2 amide bonds. The highest BCUT2D eigenvalue weighted by Gasteiger charge is 2.49. The van der Waals surface area contributed by atoms with Crippen molar-refractivity contribution in [2.24, 2.45) is 0 Å². The van der Waals surface area contributed by atoms with E-state index < -0.39 is 66.1 Å². The second kappa shape index (κ2) is 13.6. The van der Waals surface area contributed by atoms with Crippen LogP contribution >= 0.6 is 0 Å². The number of halogens is 3. The van der Waals surface area contributed by atoms with E-state index in [1.807, 2.05) is 13.8 Å². The van der Waals surface area contributed by atoms with Crippen LogP contribution in [0.1, 0.15) is 78.3 Å². The van der Waals surface area contributed by atoms with Crippen LogP contribution < -0.4 is 4.72 Å². The molecule has 3 heterocycles. The summed E-state index contributed by atoms with van der Waals surface area (Å²) in [7, 11) is -2.03. The number of fused-ring (bicyclic) bond motifs is 4. The molecule has 0 aliphatic carbocycles. The van der Waals surface area contributed by atoms with Gasteiger partial charge in [-0.1, -0.05) is 37.8 Å². The zero-order valence-corrected chi connectivity index (χ0v) is 31.0. The third kappa shape index (κ3) is 7.42. The Labute approximate surface area is 288 Å². The smallest absolute Gasteiger partial charge is 0.382 e. The number of carbonyl (C=O) groups is 2. The molecular formula is C34H45F3N4O6SSi. The fraction of sp³-hybridized carbons (Fsp3) is 0.559. The molecule has 0 saturated heterocycles. The topological polar surface area (TPSA) is 112 Å². The maximum absolute atomic E-state index is 14.0. The van der Waals surface area contributed by atoms with Crippen LogP contribution in [0, 0.1) is 0 Å². The fourth-order valence-corrected chi connectivity index (χ4v) is 9.13. The molecule has 4 atom stereocenters. The monoisotopic (exact) mass is 722 g/mol. The Morgan fingerprint density at radius 3 is 2.31 bits per heavy atom. The van der Waals surface area contributed by atoms with Gasteiger partial charge >= 0.3 is 6.18 Å². The summed E-state index contributed by atoms with van der Waals surface area (Å²) in [5.41, 5.74) is -0.103. The predicted molar refractivity (Wildman–Crippen MR) is 183 cm³/mol. The van der Waals surface area contributed by atoms with E-state index in [9.17, 15) is 27.0 Å². The molecule has 5 rings (SSSR count). The van der Waals surface area contributed by atoms with E-state index in [1.165, 1.54) is 12.0 Å². The lowest BCUT2D eigenvalue weighted by atomic mass is 10.0. The molecule has 0 bridgehead atoms. The van der Waals surface area contributed by atoms with Crippen LogP contribution in [0.3, 0.4) is 0 Å². The minimum Gasteiger partial charge on any atom is -0.382 e. The number of aromatic nitrogens is 2. The van der Waals surface area contributed by atoms with Crippen LogP contribution in [0.15, 0.2) is 42.5 Å². The van der Waals surface area contributed by atoms with E-state index in [4.69, 9.17) is 19.2 Å². The summed E-state index contributed by atoms with van der Waals surface area (Å²) in [5, 5.41) is 0. The number of amides is 2. The Morgan fingerprint density at radius 1 is 1.10 bits per heavy atom. The standard InChI is InChI=1S/C34H45F3N4O6SSi/c1-32(2)16-22(49(6,7)8)17-46-20-40-27-14-13-21(28(19-45-5)41-30(42)23-11-9-10-12-24(23)31(41)43)15-25(27)38-29(40)26(39-48(32)44)18-47-33(3,4)34(35,36)37/h9-15,22,26,28,39H,16-20H2,1-8H3/t22?,26?,28-,48?/m1/s1. The average molecular weight is 723 g/mol. The first-order valence-corrected chi connectivity index (χ1v) is 20.9. The van der Waals surface area contributed by atoms with E-state index in [2.05, 4.69) is 24.4 Å². The van der Waals surface area contributed by atoms with Gasteiger partial charge in [0.25, 0.3) is 11.8 Å². The maximum Gasteiger partial charge on any atom is 0.416 e. The first-order valence-electron chi connectivity index (χ1n) is 16.2. The number of ether oxygens (including phenoxy) is 3. The highest BCUT2D eigenvalue weighted by atomic mass is 32.2. The van der Waals surface area contributed by atoms with E-state index in [1.54, 1.807) is 47.0 Å². The normalized spacial score (nSPS) is 22.9. The molecular weight excluding hydrogens is 678 g/mol. The molecule has 2 aromatic carbocycles. The first kappa shape index (κ1) is 37.3. The summed E-state index contributed by atoms with van der Waals surface area (Å²) in [4.78, 5) is 32.9. The van der Waals surface area contributed by atoms with Gasteiger partial charge in [0.2, 0.25) is 0 Å². The van der Waals surface area contributed by atoms with Crippen molar-refractivity contribution in [1.82, 2.24) is 19.2 Å². The van der Waals surface area contributed by atoms with Crippen LogP contribution in [-0.4, -0.2) is 82.0 Å². The summed E-state index contributed by atoms with van der Waals surface area (Å²) in [6.07, 6.45) is -4.06. The molecule has 1 N–H and O–H groups in total. The molecule has 0 fully saturated rings. The summed E-state index contributed by atoms with van der Waals surface area (Å²) in [6.45, 7) is 12.3. The lowest BCUT2D eigenvalue weighted by Gasteiger charge is -2.35. The van der Waals surface area contributed by atoms with Crippen molar-refractivity contribution >= 4 is 41.9 Å². The molecule has 0 saturated carbocycles. The number of alkyl halides is 3. The second-order valence-corrected chi connectivity index (χ2v) is 22.4. The predicted octanol–water partition coefficient (Wildman–Crippen LogP) is 6.54. The molecule has 2 aliphatic rings. The average Bonchev–Trinajstić information content (AvgIpc) is 3.49. The van der Waals surface area contributed by atoms with Crippen molar-refractivity contribution in [3.8, 4) is 0 Å². The van der Waals surface area contributed by atoms with Gasteiger partial charge in [-0.2, -0.15) is 13.2 Å². The zero-order chi connectivity index (χ0) is 36.1. The number of carbonyl (C=O) groups excluding carboxylic acids is 2. The van der Waals surface area contributed by atoms with Crippen molar-refractivity contribution in [2.45, 2.75) is 94.6 Å². The van der Waals surface area contributed by atoms with Gasteiger partial charge in [0.05, 0.1) is 65.2 Å². The summed E-state index contributed by atoms with van der Waals surface area (Å²) < 4.78 is 77.0. The van der Waals surface area contributed by atoms with Gasteiger partial charge in [-0.25, -0.2) is 13.9 Å². The van der Waals surface area contributed by atoms with E-state index in [0.29, 0.717) is 40.8 Å². The number of methoxy groups -OCH3 is 1. The van der Waals surface area contributed by atoms with E-state index >= 15 is 0 Å². The third-order valence-electron chi connectivity index (χ3n) is 9.51. The van der Waals surface area contributed by atoms with E-state index in [-0.39, 0.29) is 24.7 Å². The number of hydrogen-bond acceptors (Lipinski definition) is 7. The first-order chi connectivity index (χ1) is 22.8. The van der Waals surface area contributed by atoms with Crippen LogP contribution in [-0.2, 0) is 31.9 Å². The lowest BCUT2D eigenvalue weighted by molar-refractivity contribution is -0.265. The fourth-order valence-electron chi connectivity index (χ4n) is 6.14. The Morgan fingerprint density at radius 2 is 1.73 bits per heavy atom. The highest BCUT2D eigenvalue weighted by Crippen LogP contribution is 2.38. The Hall–Kier alpha value is -2.95. The van der Waals surface area contributed by atoms with Gasteiger partial charge in [0, 0.05) is 13.7 Å². The molecule has 268 valence electrons. The van der Waals surface area contributed by atoms with Gasteiger partial charge in [-0.3, -0.25) is 14.5 Å². The van der Waals surface area contributed by atoms with Crippen molar-refractivity contribution in [3.05, 3.63) is 65.0 Å².